The fourth-order valence-electron chi connectivity index (χ4n) is 3.31. The highest BCUT2D eigenvalue weighted by molar-refractivity contribution is 7.98. The minimum atomic E-state index is -0.154. The van der Waals surface area contributed by atoms with Gasteiger partial charge in [0.15, 0.2) is 5.65 Å². The molecule has 0 aliphatic carbocycles. The standard InChI is InChI=1S/C19H18N4OS2/c1-19(2)8-13-14(9-24-19)26-17-15(13)16-21-18(22-23(16)11-20-17)25-10-12-6-4-3-5-7-12/h3-7,11H,8-10H2,1-2H3. The van der Waals surface area contributed by atoms with Crippen LogP contribution in [0.15, 0.2) is 41.8 Å². The van der Waals surface area contributed by atoms with E-state index in [0.29, 0.717) is 6.61 Å². The number of nitrogens with zero attached hydrogens (tertiary/aromatic N) is 4. The summed E-state index contributed by atoms with van der Waals surface area (Å²) in [6.45, 7) is 4.93. The van der Waals surface area contributed by atoms with Gasteiger partial charge in [0.2, 0.25) is 5.16 Å². The highest BCUT2D eigenvalue weighted by Crippen LogP contribution is 2.39. The average molecular weight is 383 g/mol. The Kier molecular flexibility index (Phi) is 3.77. The van der Waals surface area contributed by atoms with Crippen molar-refractivity contribution in [3.05, 3.63) is 52.7 Å². The van der Waals surface area contributed by atoms with E-state index in [4.69, 9.17) is 9.72 Å². The lowest BCUT2D eigenvalue weighted by Crippen LogP contribution is -2.31. The monoisotopic (exact) mass is 382 g/mol. The van der Waals surface area contributed by atoms with Crippen LogP contribution in [0.5, 0.6) is 0 Å². The molecule has 0 amide bonds. The summed E-state index contributed by atoms with van der Waals surface area (Å²) in [4.78, 5) is 11.7. The molecule has 1 aliphatic rings. The van der Waals surface area contributed by atoms with Gasteiger partial charge in [-0.2, -0.15) is 0 Å². The van der Waals surface area contributed by atoms with E-state index in [0.717, 1.165) is 33.2 Å². The molecule has 0 fully saturated rings. The van der Waals surface area contributed by atoms with Gasteiger partial charge in [-0.3, -0.25) is 0 Å². The number of aromatic nitrogens is 4. The molecule has 0 atom stereocenters. The molecule has 0 N–H and O–H groups in total. The Labute approximate surface area is 159 Å². The molecule has 4 aromatic rings. The second kappa shape index (κ2) is 6.04. The lowest BCUT2D eigenvalue weighted by atomic mass is 9.94. The molecule has 0 saturated heterocycles. The second-order valence-electron chi connectivity index (χ2n) is 7.09. The van der Waals surface area contributed by atoms with Gasteiger partial charge in [0.1, 0.15) is 11.2 Å². The smallest absolute Gasteiger partial charge is 0.209 e. The normalized spacial score (nSPS) is 16.2. The van der Waals surface area contributed by atoms with Crippen molar-refractivity contribution in [2.24, 2.45) is 0 Å². The molecule has 132 valence electrons. The Morgan fingerprint density at radius 1 is 1.27 bits per heavy atom. The van der Waals surface area contributed by atoms with Crippen molar-refractivity contribution in [1.82, 2.24) is 19.6 Å². The highest BCUT2D eigenvalue weighted by atomic mass is 32.2. The first-order chi connectivity index (χ1) is 12.6. The first-order valence-electron chi connectivity index (χ1n) is 8.55. The van der Waals surface area contributed by atoms with E-state index in [2.05, 4.69) is 48.2 Å². The van der Waals surface area contributed by atoms with Crippen molar-refractivity contribution in [1.29, 1.82) is 0 Å². The van der Waals surface area contributed by atoms with Crippen molar-refractivity contribution in [3.8, 4) is 0 Å². The topological polar surface area (TPSA) is 52.3 Å². The molecule has 26 heavy (non-hydrogen) atoms. The van der Waals surface area contributed by atoms with Crippen LogP contribution in [-0.2, 0) is 23.5 Å². The maximum atomic E-state index is 5.96. The number of thioether (sulfide) groups is 1. The van der Waals surface area contributed by atoms with Crippen LogP contribution >= 0.6 is 23.1 Å². The Bertz CT molecular complexity index is 1100. The fraction of sp³-hybridized carbons (Fsp3) is 0.316. The molecule has 0 unspecified atom stereocenters. The summed E-state index contributed by atoms with van der Waals surface area (Å²) in [6, 6.07) is 10.4. The van der Waals surface area contributed by atoms with Crippen LogP contribution in [0.3, 0.4) is 0 Å². The lowest BCUT2D eigenvalue weighted by Gasteiger charge is -2.30. The summed E-state index contributed by atoms with van der Waals surface area (Å²) >= 11 is 3.37. The number of ether oxygens (including phenoxy) is 1. The minimum Gasteiger partial charge on any atom is -0.370 e. The van der Waals surface area contributed by atoms with Crippen LogP contribution in [-0.4, -0.2) is 25.2 Å². The van der Waals surface area contributed by atoms with Gasteiger partial charge in [0.05, 0.1) is 17.6 Å². The number of hydrogen-bond donors (Lipinski definition) is 0. The third-order valence-corrected chi connectivity index (χ3v) is 6.62. The fourth-order valence-corrected chi connectivity index (χ4v) is 5.16. The van der Waals surface area contributed by atoms with Gasteiger partial charge in [-0.1, -0.05) is 42.1 Å². The molecule has 3 aromatic heterocycles. The average Bonchev–Trinajstić information content (AvgIpc) is 3.20. The van der Waals surface area contributed by atoms with Crippen molar-refractivity contribution in [3.63, 3.8) is 0 Å². The van der Waals surface area contributed by atoms with E-state index < -0.39 is 0 Å². The SMILES string of the molecule is CC1(C)Cc2c(sc3ncn4nc(SCc5ccccc5)nc4c23)CO1. The summed E-state index contributed by atoms with van der Waals surface area (Å²) < 4.78 is 7.77. The molecule has 0 bridgehead atoms. The maximum Gasteiger partial charge on any atom is 0.209 e. The van der Waals surface area contributed by atoms with Gasteiger partial charge in [-0.15, -0.1) is 16.4 Å². The highest BCUT2D eigenvalue weighted by Gasteiger charge is 2.30. The first kappa shape index (κ1) is 16.2. The molecule has 4 heterocycles. The van der Waals surface area contributed by atoms with Crippen molar-refractivity contribution in [2.45, 2.75) is 43.4 Å². The number of benzene rings is 1. The zero-order valence-electron chi connectivity index (χ0n) is 14.6. The first-order valence-corrected chi connectivity index (χ1v) is 10.4. The van der Waals surface area contributed by atoms with Gasteiger partial charge in [0, 0.05) is 17.1 Å². The van der Waals surface area contributed by atoms with E-state index in [1.165, 1.54) is 16.0 Å². The lowest BCUT2D eigenvalue weighted by molar-refractivity contribution is -0.0379. The van der Waals surface area contributed by atoms with Crippen LogP contribution < -0.4 is 0 Å². The van der Waals surface area contributed by atoms with Crippen LogP contribution in [0.25, 0.3) is 15.9 Å². The van der Waals surface area contributed by atoms with Gasteiger partial charge in [-0.25, -0.2) is 14.5 Å². The summed E-state index contributed by atoms with van der Waals surface area (Å²) in [5.41, 5.74) is 3.34. The quantitative estimate of drug-likeness (QED) is 0.489. The molecule has 1 aliphatic heterocycles. The zero-order chi connectivity index (χ0) is 17.7. The third kappa shape index (κ3) is 2.80. The molecular weight excluding hydrogens is 364 g/mol. The summed E-state index contributed by atoms with van der Waals surface area (Å²) in [5.74, 6) is 0.858. The van der Waals surface area contributed by atoms with Crippen LogP contribution in [0.2, 0.25) is 0 Å². The van der Waals surface area contributed by atoms with Gasteiger partial charge >= 0.3 is 0 Å². The molecule has 0 radical (unpaired) electrons. The largest absolute Gasteiger partial charge is 0.370 e. The van der Waals surface area contributed by atoms with Crippen LogP contribution in [0.1, 0.15) is 29.9 Å². The molecule has 5 nitrogen and oxygen atoms in total. The summed E-state index contributed by atoms with van der Waals surface area (Å²) in [7, 11) is 0. The van der Waals surface area contributed by atoms with E-state index >= 15 is 0 Å². The van der Waals surface area contributed by atoms with Gasteiger partial charge in [0.25, 0.3) is 0 Å². The number of rotatable bonds is 3. The third-order valence-electron chi connectivity index (χ3n) is 4.60. The predicted molar refractivity (Wildman–Crippen MR) is 105 cm³/mol. The molecule has 0 saturated carbocycles. The van der Waals surface area contributed by atoms with E-state index in [-0.39, 0.29) is 5.60 Å². The second-order valence-corrected chi connectivity index (χ2v) is 9.12. The van der Waals surface area contributed by atoms with Gasteiger partial charge in [-0.05, 0) is 25.0 Å². The molecular formula is C19H18N4OS2. The minimum absolute atomic E-state index is 0.154. The van der Waals surface area contributed by atoms with Crippen molar-refractivity contribution < 1.29 is 4.74 Å². The van der Waals surface area contributed by atoms with Crippen molar-refractivity contribution in [2.75, 3.05) is 0 Å². The Morgan fingerprint density at radius 2 is 2.12 bits per heavy atom. The summed E-state index contributed by atoms with van der Waals surface area (Å²) in [5, 5.41) is 6.55. The number of thiophene rings is 1. The molecule has 0 spiro atoms. The Hall–Kier alpha value is -1.96. The Morgan fingerprint density at radius 3 is 2.96 bits per heavy atom. The Balaban J connectivity index is 1.55. The molecule has 5 rings (SSSR count). The molecule has 1 aromatic carbocycles. The zero-order valence-corrected chi connectivity index (χ0v) is 16.2. The van der Waals surface area contributed by atoms with E-state index in [1.54, 1.807) is 29.4 Å². The van der Waals surface area contributed by atoms with Gasteiger partial charge < -0.3 is 4.74 Å². The van der Waals surface area contributed by atoms with Crippen molar-refractivity contribution >= 4 is 39.0 Å². The predicted octanol–water partition coefficient (Wildman–Crippen LogP) is 4.48. The summed E-state index contributed by atoms with van der Waals surface area (Å²) in [6.07, 6.45) is 2.65. The maximum absolute atomic E-state index is 5.96. The number of fused-ring (bicyclic) bond motifs is 5. The van der Waals surface area contributed by atoms with Crippen LogP contribution in [0, 0.1) is 0 Å². The molecule has 7 heteroatoms. The van der Waals surface area contributed by atoms with E-state index in [9.17, 15) is 0 Å². The van der Waals surface area contributed by atoms with Crippen LogP contribution in [0.4, 0.5) is 0 Å². The number of hydrogen-bond acceptors (Lipinski definition) is 6. The van der Waals surface area contributed by atoms with E-state index in [1.807, 2.05) is 10.6 Å².